The zero-order valence-electron chi connectivity index (χ0n) is 13.3. The Labute approximate surface area is 139 Å². The van der Waals surface area contributed by atoms with Gasteiger partial charge in [-0.25, -0.2) is 4.79 Å². The zero-order valence-corrected chi connectivity index (χ0v) is 13.3. The number of H-pyrrole nitrogens is 1. The topological polar surface area (TPSA) is 75.2 Å². The van der Waals surface area contributed by atoms with Gasteiger partial charge < -0.3 is 9.84 Å². The smallest absolute Gasteiger partial charge is 0.354 e. The molecular weight excluding hydrogens is 304 g/mol. The second-order valence-electron chi connectivity index (χ2n) is 5.49. The van der Waals surface area contributed by atoms with E-state index in [-0.39, 0.29) is 5.69 Å². The van der Waals surface area contributed by atoms with Crippen LogP contribution in [0.25, 0.3) is 11.3 Å². The van der Waals surface area contributed by atoms with Gasteiger partial charge in [0, 0.05) is 17.5 Å². The third-order valence-electron chi connectivity index (χ3n) is 3.85. The van der Waals surface area contributed by atoms with Gasteiger partial charge in [0.05, 0.1) is 12.3 Å². The lowest BCUT2D eigenvalue weighted by Gasteiger charge is -2.07. The first-order valence-electron chi connectivity index (χ1n) is 7.70. The Balaban J connectivity index is 1.64. The van der Waals surface area contributed by atoms with Crippen molar-refractivity contribution in [2.24, 2.45) is 0 Å². The average Bonchev–Trinajstić information content (AvgIpc) is 2.98. The number of rotatable bonds is 6. The lowest BCUT2D eigenvalue weighted by molar-refractivity contribution is 0.0689. The molecule has 0 bridgehead atoms. The van der Waals surface area contributed by atoms with Crippen molar-refractivity contribution in [2.75, 3.05) is 6.61 Å². The Bertz CT molecular complexity index is 824. The van der Waals surface area contributed by atoms with Crippen LogP contribution in [0.4, 0.5) is 0 Å². The number of carboxylic acid groups (broad SMARTS) is 1. The normalized spacial score (nSPS) is 10.5. The Morgan fingerprint density at radius 2 is 1.83 bits per heavy atom. The highest BCUT2D eigenvalue weighted by atomic mass is 16.5. The molecule has 122 valence electrons. The highest BCUT2D eigenvalue weighted by Gasteiger charge is 2.15. The van der Waals surface area contributed by atoms with Crippen molar-refractivity contribution < 1.29 is 14.6 Å². The average molecular weight is 322 g/mol. The molecule has 0 saturated carbocycles. The second kappa shape index (κ2) is 7.00. The van der Waals surface area contributed by atoms with E-state index < -0.39 is 5.97 Å². The summed E-state index contributed by atoms with van der Waals surface area (Å²) < 4.78 is 5.75. The Kier molecular flexibility index (Phi) is 4.61. The van der Waals surface area contributed by atoms with E-state index in [0.717, 1.165) is 17.7 Å². The molecule has 2 aromatic carbocycles. The van der Waals surface area contributed by atoms with Crippen molar-refractivity contribution in [1.82, 2.24) is 10.2 Å². The van der Waals surface area contributed by atoms with Gasteiger partial charge in [0.15, 0.2) is 0 Å². The van der Waals surface area contributed by atoms with Gasteiger partial charge in [0.1, 0.15) is 11.4 Å². The van der Waals surface area contributed by atoms with Crippen LogP contribution < -0.4 is 4.74 Å². The number of benzene rings is 2. The van der Waals surface area contributed by atoms with Crippen LogP contribution in [-0.4, -0.2) is 27.9 Å². The molecule has 1 heterocycles. The zero-order chi connectivity index (χ0) is 16.9. The first kappa shape index (κ1) is 15.8. The van der Waals surface area contributed by atoms with Crippen LogP contribution in [0.15, 0.2) is 54.6 Å². The number of ether oxygens (including phenoxy) is 1. The number of aromatic carboxylic acids is 1. The molecule has 5 nitrogen and oxygen atoms in total. The fourth-order valence-electron chi connectivity index (χ4n) is 2.53. The summed E-state index contributed by atoms with van der Waals surface area (Å²) in [5.41, 5.74) is 3.48. The molecule has 0 saturated heterocycles. The van der Waals surface area contributed by atoms with Gasteiger partial charge in [-0.15, -0.1) is 0 Å². The summed E-state index contributed by atoms with van der Waals surface area (Å²) in [5.74, 6) is -0.228. The Morgan fingerprint density at radius 1 is 1.12 bits per heavy atom. The molecular formula is C19H18N2O3. The second-order valence-corrected chi connectivity index (χ2v) is 5.49. The van der Waals surface area contributed by atoms with Crippen LogP contribution in [0, 0.1) is 6.92 Å². The molecule has 5 heteroatoms. The molecule has 3 rings (SSSR count). The molecule has 0 fully saturated rings. The molecule has 1 aromatic heterocycles. The minimum absolute atomic E-state index is 0.119. The summed E-state index contributed by atoms with van der Waals surface area (Å²) in [5, 5.41) is 15.7. The quantitative estimate of drug-likeness (QED) is 0.725. The van der Waals surface area contributed by atoms with Crippen LogP contribution in [-0.2, 0) is 6.42 Å². The van der Waals surface area contributed by atoms with E-state index in [1.165, 1.54) is 5.56 Å². The summed E-state index contributed by atoms with van der Waals surface area (Å²) in [4.78, 5) is 11.1. The van der Waals surface area contributed by atoms with Gasteiger partial charge in [0.2, 0.25) is 0 Å². The van der Waals surface area contributed by atoms with E-state index >= 15 is 0 Å². The van der Waals surface area contributed by atoms with Gasteiger partial charge in [-0.05, 0) is 36.8 Å². The summed E-state index contributed by atoms with van der Waals surface area (Å²) in [6, 6.07) is 17.7. The summed E-state index contributed by atoms with van der Waals surface area (Å²) in [6.07, 6.45) is 0.850. The number of hydrogen-bond acceptors (Lipinski definition) is 3. The third kappa shape index (κ3) is 3.46. The van der Waals surface area contributed by atoms with E-state index in [2.05, 4.69) is 22.3 Å². The van der Waals surface area contributed by atoms with E-state index in [1.54, 1.807) is 6.92 Å². The van der Waals surface area contributed by atoms with Crippen LogP contribution >= 0.6 is 0 Å². The number of hydrogen-bond donors (Lipinski definition) is 2. The lowest BCUT2D eigenvalue weighted by Crippen LogP contribution is -2.01. The molecule has 0 atom stereocenters. The molecule has 0 radical (unpaired) electrons. The van der Waals surface area contributed by atoms with Crippen molar-refractivity contribution in [3.05, 3.63) is 71.4 Å². The molecule has 0 aliphatic rings. The number of nitrogens with one attached hydrogen (secondary N) is 1. The van der Waals surface area contributed by atoms with Crippen molar-refractivity contribution >= 4 is 5.97 Å². The van der Waals surface area contributed by atoms with Crippen molar-refractivity contribution in [3.63, 3.8) is 0 Å². The summed E-state index contributed by atoms with van der Waals surface area (Å²) >= 11 is 0. The predicted octanol–water partition coefficient (Wildman–Crippen LogP) is 3.70. The molecule has 0 amide bonds. The van der Waals surface area contributed by atoms with Crippen molar-refractivity contribution in [1.29, 1.82) is 0 Å². The molecule has 2 N–H and O–H groups in total. The van der Waals surface area contributed by atoms with Gasteiger partial charge in [0.25, 0.3) is 0 Å². The summed E-state index contributed by atoms with van der Waals surface area (Å²) in [7, 11) is 0. The molecule has 0 aliphatic heterocycles. The molecule has 24 heavy (non-hydrogen) atoms. The number of carboxylic acids is 1. The van der Waals surface area contributed by atoms with Crippen molar-refractivity contribution in [2.45, 2.75) is 13.3 Å². The van der Waals surface area contributed by atoms with Gasteiger partial charge in [-0.1, -0.05) is 30.3 Å². The Morgan fingerprint density at radius 3 is 2.46 bits per heavy atom. The molecule has 0 spiro atoms. The number of aromatic amines is 1. The fraction of sp³-hybridized carbons (Fsp3) is 0.158. The minimum atomic E-state index is -1.01. The fourth-order valence-corrected chi connectivity index (χ4v) is 2.53. The summed E-state index contributed by atoms with van der Waals surface area (Å²) in [6.45, 7) is 2.35. The van der Waals surface area contributed by atoms with Crippen LogP contribution in [0.5, 0.6) is 5.75 Å². The van der Waals surface area contributed by atoms with Crippen LogP contribution in [0.1, 0.15) is 21.6 Å². The van der Waals surface area contributed by atoms with Crippen LogP contribution in [0.3, 0.4) is 0 Å². The third-order valence-corrected chi connectivity index (χ3v) is 3.85. The first-order chi connectivity index (χ1) is 11.6. The predicted molar refractivity (Wildman–Crippen MR) is 91.4 cm³/mol. The SMILES string of the molecule is Cc1c(-c2ccc(OCCc3ccccc3)cc2)n[nH]c1C(=O)O. The number of carbonyl (C=O) groups is 1. The molecule has 3 aromatic rings. The van der Waals surface area contributed by atoms with Crippen LogP contribution in [0.2, 0.25) is 0 Å². The van der Waals surface area contributed by atoms with E-state index in [1.807, 2.05) is 42.5 Å². The highest BCUT2D eigenvalue weighted by molar-refractivity contribution is 5.89. The monoisotopic (exact) mass is 322 g/mol. The highest BCUT2D eigenvalue weighted by Crippen LogP contribution is 2.25. The first-order valence-corrected chi connectivity index (χ1v) is 7.70. The van der Waals surface area contributed by atoms with E-state index in [9.17, 15) is 4.79 Å². The maximum Gasteiger partial charge on any atom is 0.354 e. The van der Waals surface area contributed by atoms with Gasteiger partial charge >= 0.3 is 5.97 Å². The van der Waals surface area contributed by atoms with E-state index in [0.29, 0.717) is 17.9 Å². The van der Waals surface area contributed by atoms with Gasteiger partial charge in [-0.3, -0.25) is 5.10 Å². The van der Waals surface area contributed by atoms with Gasteiger partial charge in [-0.2, -0.15) is 5.10 Å². The molecule has 0 aliphatic carbocycles. The number of nitrogens with zero attached hydrogens (tertiary/aromatic N) is 1. The maximum absolute atomic E-state index is 11.1. The minimum Gasteiger partial charge on any atom is -0.493 e. The lowest BCUT2D eigenvalue weighted by atomic mass is 10.1. The molecule has 0 unspecified atom stereocenters. The maximum atomic E-state index is 11.1. The van der Waals surface area contributed by atoms with Crippen molar-refractivity contribution in [3.8, 4) is 17.0 Å². The number of aromatic nitrogens is 2. The standard InChI is InChI=1S/C19H18N2O3/c1-13-17(20-21-18(13)19(22)23)15-7-9-16(10-8-15)24-12-11-14-5-3-2-4-6-14/h2-10H,11-12H2,1H3,(H,20,21)(H,22,23). The van der Waals surface area contributed by atoms with E-state index in [4.69, 9.17) is 9.84 Å². The Hall–Kier alpha value is -3.08. The largest absolute Gasteiger partial charge is 0.493 e.